The van der Waals surface area contributed by atoms with E-state index in [0.717, 1.165) is 75.3 Å². The summed E-state index contributed by atoms with van der Waals surface area (Å²) in [6, 6.07) is 38.3. The fourth-order valence-electron chi connectivity index (χ4n) is 10.6. The van der Waals surface area contributed by atoms with Crippen molar-refractivity contribution in [2.24, 2.45) is 5.92 Å². The number of nitriles is 2. The van der Waals surface area contributed by atoms with Crippen LogP contribution in [0.4, 0.5) is 0 Å². The number of unbranched alkanes of at least 4 members (excludes halogenated alkanes) is 6. The summed E-state index contributed by atoms with van der Waals surface area (Å²) in [5, 5.41) is 28.9. The van der Waals surface area contributed by atoms with Crippen molar-refractivity contribution < 1.29 is 46.6 Å². The Labute approximate surface area is 654 Å². The molecule has 550 valence electrons. The molecule has 6 aromatic carbocycles. The maximum atomic E-state index is 9.76. The molecule has 2 radical (unpaired) electrons. The van der Waals surface area contributed by atoms with Gasteiger partial charge in [-0.3, -0.25) is 0 Å². The quantitative estimate of drug-likeness (QED) is 0.0129. The molecule has 6 rings (SSSR count). The molecule has 0 bridgehead atoms. The number of aryl methyl sites for hydroxylation is 11. The Hall–Kier alpha value is -5.32. The van der Waals surface area contributed by atoms with E-state index in [1.165, 1.54) is 100 Å². The van der Waals surface area contributed by atoms with Crippen molar-refractivity contribution in [3.8, 4) is 36.0 Å². The fourth-order valence-corrected chi connectivity index (χ4v) is 13.6. The minimum absolute atomic E-state index is 0. The molecule has 0 fully saturated rings. The summed E-state index contributed by atoms with van der Waals surface area (Å²) in [4.78, 5) is 0. The van der Waals surface area contributed by atoms with Gasteiger partial charge in [0, 0.05) is 42.7 Å². The number of terminal acetylenes is 1. The van der Waals surface area contributed by atoms with Crippen LogP contribution in [0.1, 0.15) is 229 Å². The number of hydrogen-bond acceptors (Lipinski definition) is 4. The number of allylic oxidation sites excluding steroid dienone is 7. The number of methoxy groups -OCH3 is 1. The van der Waals surface area contributed by atoms with Crippen LogP contribution in [0, 0.1) is 117 Å². The Kier molecular flexibility index (Phi) is 64.4. The Bertz CT molecular complexity index is 3670. The molecule has 0 aliphatic heterocycles. The van der Waals surface area contributed by atoms with E-state index in [9.17, 15) is 10.5 Å². The van der Waals surface area contributed by atoms with Crippen LogP contribution in [0.25, 0.3) is 46.9 Å². The molecule has 5 unspecified atom stereocenters. The predicted molar refractivity (Wildman–Crippen MR) is 469 cm³/mol. The molecule has 12 heteroatoms. The van der Waals surface area contributed by atoms with Crippen LogP contribution >= 0.6 is 36.3 Å². The van der Waals surface area contributed by atoms with Crippen molar-refractivity contribution in [2.75, 3.05) is 13.7 Å². The van der Waals surface area contributed by atoms with Gasteiger partial charge in [0.05, 0.1) is 44.4 Å². The van der Waals surface area contributed by atoms with E-state index in [1.807, 2.05) is 96.2 Å². The normalized spacial score (nSPS) is 10.8. The van der Waals surface area contributed by atoms with Gasteiger partial charge in [-0.25, -0.2) is 0 Å². The van der Waals surface area contributed by atoms with Crippen LogP contribution in [0.3, 0.4) is 0 Å². The number of rotatable bonds is 22. The zero-order valence-electron chi connectivity index (χ0n) is 63.7. The minimum Gasteiger partial charge on any atom is -0.804 e. The summed E-state index contributed by atoms with van der Waals surface area (Å²) in [7, 11) is 9.22. The Balaban J connectivity index is -0.000000278. The van der Waals surface area contributed by atoms with Gasteiger partial charge in [0.2, 0.25) is 0 Å². The number of hydrogen-bond donors (Lipinski definition) is 0. The van der Waals surface area contributed by atoms with Gasteiger partial charge < -0.3 is 14.9 Å². The minimum atomic E-state index is -1.31. The van der Waals surface area contributed by atoms with Gasteiger partial charge in [-0.1, -0.05) is 250 Å². The van der Waals surface area contributed by atoms with Crippen LogP contribution in [0.2, 0.25) is 19.1 Å². The maximum absolute atomic E-state index is 9.76. The Morgan fingerprint density at radius 1 is 0.515 bits per heavy atom. The molecule has 0 spiro atoms. The third kappa shape index (κ3) is 41.7. The molecule has 0 N–H and O–H groups in total. The van der Waals surface area contributed by atoms with Gasteiger partial charge in [0.25, 0.3) is 0 Å². The maximum Gasteiger partial charge on any atom is 0.127 e. The zero-order chi connectivity index (χ0) is 72.9. The van der Waals surface area contributed by atoms with Crippen molar-refractivity contribution >= 4 is 96.3 Å². The van der Waals surface area contributed by atoms with E-state index >= 15 is 0 Å². The molecule has 0 aliphatic carbocycles. The average Bonchev–Trinajstić information content (AvgIpc) is 0.821. The molecule has 0 saturated heterocycles. The van der Waals surface area contributed by atoms with E-state index in [0.29, 0.717) is 17.8 Å². The Morgan fingerprint density at radius 2 is 0.960 bits per heavy atom. The van der Waals surface area contributed by atoms with Crippen molar-refractivity contribution in [3.63, 3.8) is 0 Å². The SMILES string of the molecule is C.C.C.C#CC(CCCC)COc1cc(C)c(OC)cc1/C=C/C.C/C=C(\C#N)c1cc(C)c(/C(C#N)=C/c2cc(C)c(C)cc2C)cc1C.C/C=C/c1cc(C)c(C)cc1C.C/C=C/c1ccc(C)cc1.C/C=C/c1ccc(C)cc1[Si](C)(C)CCCCCCCC.PP.[N-]=C(P)P.[V].[V]. The first-order valence-corrected chi connectivity index (χ1v) is 41.0. The van der Waals surface area contributed by atoms with Crippen molar-refractivity contribution in [1.82, 2.24) is 0 Å². The van der Waals surface area contributed by atoms with Crippen LogP contribution in [-0.2, 0) is 37.1 Å². The Morgan fingerprint density at radius 3 is 1.44 bits per heavy atom. The fraction of sp³-hybridized carbons (Fsp3) is 0.404. The van der Waals surface area contributed by atoms with Gasteiger partial charge >= 0.3 is 0 Å². The third-order valence-corrected chi connectivity index (χ3v) is 19.9. The monoisotopic (exact) mass is 1530 g/mol. The second-order valence-electron chi connectivity index (χ2n) is 25.1. The molecule has 0 aromatic heterocycles. The first-order chi connectivity index (χ1) is 45.7. The van der Waals surface area contributed by atoms with Crippen LogP contribution in [0.15, 0.2) is 121 Å². The molecular formula is C89H132N3O2P4SiV2-. The second-order valence-corrected chi connectivity index (χ2v) is 31.7. The van der Waals surface area contributed by atoms with Gasteiger partial charge in [-0.05, 0) is 231 Å². The first-order valence-electron chi connectivity index (χ1n) is 34.0. The summed E-state index contributed by atoms with van der Waals surface area (Å²) >= 11 is 0. The van der Waals surface area contributed by atoms with Crippen molar-refractivity contribution in [1.29, 1.82) is 10.5 Å². The zero-order valence-corrected chi connectivity index (χ0v) is 72.1. The molecule has 5 nitrogen and oxygen atoms in total. The molecule has 0 amide bonds. The standard InChI is InChI=1S/C24H24N2.C20H34Si.C19H26O2.C12H16.C10H12.CH4NP2.3CH4.H4P2.2V/c1-7-20(13-25)23-10-19(6)24(11-18(23)5)22(14-26)12-21-9-16(3)15(2)8-17(21)4;1-6-8-9-10-11-12-16-21(4,5)20-17-18(3)14-15-19(20)13-7-2;1-6-9-11-16(8-3)14-21-19-12-15(4)18(20-5)13-17(19)10-7-2;1-5-6-12-8-10(3)9(2)7-11(12)4;1-3-4-10-7-5-9(2)6-8-10;2-1(3)4;;;;1-2;;/h7-12H,1-6H3;7,13-15,17H,6,8-12,16H2,1-5H3;3,7,10,12-13,16H,6,9,11,14H2,1-2,4-5H3;5-8H,1-4H3;3-8H,1-2H3;3-4H2;3*1H4;1-2H2;;/q;;;;;-1;;;;;;/b20-7+,22-12+;13-7+;10-7+;6-5+;4-3+;;;;;;;. The molecule has 0 heterocycles. The van der Waals surface area contributed by atoms with E-state index in [4.69, 9.17) is 21.3 Å². The van der Waals surface area contributed by atoms with Gasteiger partial charge in [0.15, 0.2) is 0 Å². The number of benzene rings is 6. The summed E-state index contributed by atoms with van der Waals surface area (Å²) in [6.45, 7) is 43.2. The van der Waals surface area contributed by atoms with E-state index in [2.05, 4.69) is 248 Å². The summed E-state index contributed by atoms with van der Waals surface area (Å²) in [5.41, 5.74) is 22.8. The summed E-state index contributed by atoms with van der Waals surface area (Å²) in [5.74, 6) is 4.73. The van der Waals surface area contributed by atoms with E-state index in [-0.39, 0.29) is 70.5 Å². The number of ether oxygens (including phenoxy) is 2. The smallest absolute Gasteiger partial charge is 0.127 e. The topological polar surface area (TPSA) is 88.3 Å². The second kappa shape index (κ2) is 61.0. The molecule has 101 heavy (non-hydrogen) atoms. The summed E-state index contributed by atoms with van der Waals surface area (Å²) < 4.78 is 11.3. The van der Waals surface area contributed by atoms with E-state index in [1.54, 1.807) is 12.3 Å². The van der Waals surface area contributed by atoms with E-state index < -0.39 is 8.07 Å². The first kappa shape index (κ1) is 107. The molecule has 6 aromatic rings. The molecular weight excluding hydrogens is 1400 g/mol. The van der Waals surface area contributed by atoms with Gasteiger partial charge in [-0.2, -0.15) is 15.7 Å². The molecule has 5 atom stereocenters. The molecule has 0 aliphatic rings. The van der Waals surface area contributed by atoms with Gasteiger partial charge in [0.1, 0.15) is 18.1 Å². The largest absolute Gasteiger partial charge is 0.804 e. The summed E-state index contributed by atoms with van der Waals surface area (Å²) in [6.07, 6.45) is 38.0. The predicted octanol–water partition coefficient (Wildman–Crippen LogP) is 27.3. The number of nitrogens with zero attached hydrogens (tertiary/aromatic N) is 3. The van der Waals surface area contributed by atoms with Crippen LogP contribution in [-0.4, -0.2) is 27.0 Å². The molecule has 0 saturated carbocycles. The van der Waals surface area contributed by atoms with Crippen LogP contribution in [0.5, 0.6) is 11.5 Å². The van der Waals surface area contributed by atoms with Crippen molar-refractivity contribution in [3.05, 3.63) is 227 Å². The average molecular weight is 1530 g/mol. The van der Waals surface area contributed by atoms with Crippen molar-refractivity contribution in [2.45, 2.75) is 224 Å². The van der Waals surface area contributed by atoms with Gasteiger partial charge in [-0.15, -0.1) is 42.8 Å². The van der Waals surface area contributed by atoms with Crippen LogP contribution < -0.4 is 14.7 Å². The third-order valence-electron chi connectivity index (χ3n) is 16.4.